The highest BCUT2D eigenvalue weighted by molar-refractivity contribution is 5.19. The molecule has 0 atom stereocenters. The molecule has 0 amide bonds. The second kappa shape index (κ2) is 6.25. The van der Waals surface area contributed by atoms with E-state index in [1.54, 1.807) is 0 Å². The van der Waals surface area contributed by atoms with Crippen LogP contribution in [0.5, 0.6) is 0 Å². The smallest absolute Gasteiger partial charge is 0.0275 e. The summed E-state index contributed by atoms with van der Waals surface area (Å²) in [6.07, 6.45) is 3.77. The van der Waals surface area contributed by atoms with Gasteiger partial charge in [0, 0.05) is 31.7 Å². The molecule has 0 aliphatic carbocycles. The van der Waals surface area contributed by atoms with Gasteiger partial charge in [0.2, 0.25) is 0 Å². The molecule has 2 aliphatic heterocycles. The Labute approximate surface area is 123 Å². The van der Waals surface area contributed by atoms with Crippen LogP contribution < -0.4 is 5.32 Å². The second-order valence-electron chi connectivity index (χ2n) is 6.43. The minimum atomic E-state index is 0.383. The molecule has 2 heterocycles. The molecule has 20 heavy (non-hydrogen) atoms. The van der Waals surface area contributed by atoms with Crippen molar-refractivity contribution >= 4 is 0 Å². The highest BCUT2D eigenvalue weighted by atomic mass is 15.3. The van der Waals surface area contributed by atoms with Crippen LogP contribution in [0.4, 0.5) is 0 Å². The third-order valence-electron chi connectivity index (χ3n) is 5.08. The van der Waals surface area contributed by atoms with Crippen molar-refractivity contribution in [3.05, 3.63) is 35.9 Å². The topological polar surface area (TPSA) is 18.5 Å². The summed E-state index contributed by atoms with van der Waals surface area (Å²) in [5.74, 6) is 0. The molecule has 0 radical (unpaired) electrons. The van der Waals surface area contributed by atoms with Crippen molar-refractivity contribution in [2.75, 3.05) is 46.3 Å². The lowest BCUT2D eigenvalue weighted by Gasteiger charge is -2.50. The van der Waals surface area contributed by atoms with Crippen molar-refractivity contribution in [1.82, 2.24) is 15.1 Å². The van der Waals surface area contributed by atoms with Crippen LogP contribution in [0.15, 0.2) is 30.3 Å². The van der Waals surface area contributed by atoms with E-state index in [0.717, 1.165) is 0 Å². The minimum absolute atomic E-state index is 0.383. The average Bonchev–Trinajstić information content (AvgIpc) is 2.50. The average molecular weight is 273 g/mol. The van der Waals surface area contributed by atoms with Gasteiger partial charge in [-0.3, -0.25) is 4.90 Å². The summed E-state index contributed by atoms with van der Waals surface area (Å²) >= 11 is 0. The van der Waals surface area contributed by atoms with Crippen LogP contribution in [0.3, 0.4) is 0 Å². The maximum absolute atomic E-state index is 3.54. The monoisotopic (exact) mass is 273 g/mol. The highest BCUT2D eigenvalue weighted by Crippen LogP contribution is 2.31. The van der Waals surface area contributed by atoms with Gasteiger partial charge >= 0.3 is 0 Å². The van der Waals surface area contributed by atoms with E-state index in [2.05, 4.69) is 52.5 Å². The summed E-state index contributed by atoms with van der Waals surface area (Å²) in [6, 6.07) is 11.1. The Bertz CT molecular complexity index is 404. The van der Waals surface area contributed by atoms with E-state index in [4.69, 9.17) is 0 Å². The van der Waals surface area contributed by atoms with Crippen LogP contribution in [-0.2, 0) is 6.42 Å². The molecular formula is C17H27N3. The van der Waals surface area contributed by atoms with Crippen LogP contribution >= 0.6 is 0 Å². The summed E-state index contributed by atoms with van der Waals surface area (Å²) < 4.78 is 0. The zero-order valence-corrected chi connectivity index (χ0v) is 12.6. The fourth-order valence-electron chi connectivity index (χ4n) is 3.75. The fraction of sp³-hybridized carbons (Fsp3) is 0.647. The Morgan fingerprint density at radius 1 is 1.00 bits per heavy atom. The Morgan fingerprint density at radius 3 is 2.30 bits per heavy atom. The number of nitrogens with one attached hydrogen (secondary N) is 1. The lowest BCUT2D eigenvalue weighted by molar-refractivity contribution is 0.0181. The third kappa shape index (κ3) is 3.05. The number of benzene rings is 1. The van der Waals surface area contributed by atoms with E-state index in [9.17, 15) is 0 Å². The van der Waals surface area contributed by atoms with Gasteiger partial charge in [-0.1, -0.05) is 30.3 Å². The first kappa shape index (κ1) is 14.1. The third-order valence-corrected chi connectivity index (χ3v) is 5.08. The molecule has 3 rings (SSSR count). The molecule has 0 spiro atoms. The zero-order valence-electron chi connectivity index (χ0n) is 12.6. The van der Waals surface area contributed by atoms with Crippen molar-refractivity contribution in [1.29, 1.82) is 0 Å². The molecule has 3 heteroatoms. The van der Waals surface area contributed by atoms with Gasteiger partial charge in [0.05, 0.1) is 0 Å². The van der Waals surface area contributed by atoms with Gasteiger partial charge in [0.25, 0.3) is 0 Å². The fourth-order valence-corrected chi connectivity index (χ4v) is 3.75. The van der Waals surface area contributed by atoms with Gasteiger partial charge in [-0.05, 0) is 45.0 Å². The van der Waals surface area contributed by atoms with Crippen LogP contribution in [0, 0.1) is 0 Å². The van der Waals surface area contributed by atoms with Crippen molar-refractivity contribution in [2.45, 2.75) is 24.8 Å². The number of piperazine rings is 1. The zero-order chi connectivity index (χ0) is 13.8. The van der Waals surface area contributed by atoms with Crippen molar-refractivity contribution in [3.63, 3.8) is 0 Å². The van der Waals surface area contributed by atoms with Crippen LogP contribution in [0.25, 0.3) is 0 Å². The van der Waals surface area contributed by atoms with E-state index in [1.807, 2.05) is 0 Å². The van der Waals surface area contributed by atoms with E-state index in [0.29, 0.717) is 5.54 Å². The quantitative estimate of drug-likeness (QED) is 0.902. The molecule has 0 bridgehead atoms. The molecule has 2 fully saturated rings. The molecule has 1 aromatic rings. The largest absolute Gasteiger partial charge is 0.317 e. The molecule has 0 unspecified atom stereocenters. The molecule has 1 aromatic carbocycles. The number of hydrogen-bond acceptors (Lipinski definition) is 3. The maximum Gasteiger partial charge on any atom is 0.0275 e. The van der Waals surface area contributed by atoms with Crippen LogP contribution in [0.1, 0.15) is 18.4 Å². The molecule has 0 saturated carbocycles. The van der Waals surface area contributed by atoms with Gasteiger partial charge in [-0.2, -0.15) is 0 Å². The number of rotatable bonds is 3. The Kier molecular flexibility index (Phi) is 4.39. The molecule has 2 saturated heterocycles. The summed E-state index contributed by atoms with van der Waals surface area (Å²) in [7, 11) is 2.24. The summed E-state index contributed by atoms with van der Waals surface area (Å²) in [4.78, 5) is 5.23. The number of nitrogens with zero attached hydrogens (tertiary/aromatic N) is 2. The molecular weight excluding hydrogens is 246 g/mol. The first-order valence-electron chi connectivity index (χ1n) is 7.97. The predicted octanol–water partition coefficient (Wildman–Crippen LogP) is 1.60. The molecule has 2 aliphatic rings. The van der Waals surface area contributed by atoms with Crippen LogP contribution in [-0.4, -0.2) is 61.7 Å². The maximum atomic E-state index is 3.54. The molecule has 110 valence electrons. The number of likely N-dealkylation sites (N-methyl/N-ethyl adjacent to an activating group) is 1. The minimum Gasteiger partial charge on any atom is -0.317 e. The van der Waals surface area contributed by atoms with Gasteiger partial charge in [0.1, 0.15) is 0 Å². The highest BCUT2D eigenvalue weighted by Gasteiger charge is 2.38. The second-order valence-corrected chi connectivity index (χ2v) is 6.43. The SMILES string of the molecule is CN1CCN(C2(Cc3ccccc3)CCNCC2)CC1. The van der Waals surface area contributed by atoms with Gasteiger partial charge < -0.3 is 10.2 Å². The first-order chi connectivity index (χ1) is 9.78. The van der Waals surface area contributed by atoms with E-state index >= 15 is 0 Å². The normalized spacial score (nSPS) is 24.6. The molecule has 1 N–H and O–H groups in total. The van der Waals surface area contributed by atoms with Crippen molar-refractivity contribution in [2.24, 2.45) is 0 Å². The van der Waals surface area contributed by atoms with E-state index in [1.165, 1.54) is 64.1 Å². The first-order valence-corrected chi connectivity index (χ1v) is 7.97. The lowest BCUT2D eigenvalue weighted by Crippen LogP contribution is -2.60. The van der Waals surface area contributed by atoms with Gasteiger partial charge in [0.15, 0.2) is 0 Å². The van der Waals surface area contributed by atoms with Gasteiger partial charge in [-0.15, -0.1) is 0 Å². The lowest BCUT2D eigenvalue weighted by atomic mass is 9.80. The van der Waals surface area contributed by atoms with Crippen LogP contribution in [0.2, 0.25) is 0 Å². The standard InChI is InChI=1S/C17H27N3/c1-19-11-13-20(14-12-19)17(7-9-18-10-8-17)15-16-5-3-2-4-6-16/h2-6,18H,7-15H2,1H3. The van der Waals surface area contributed by atoms with Gasteiger partial charge in [-0.25, -0.2) is 0 Å². The Morgan fingerprint density at radius 2 is 1.65 bits per heavy atom. The molecule has 3 nitrogen and oxygen atoms in total. The summed E-state index contributed by atoms with van der Waals surface area (Å²) in [5, 5.41) is 3.54. The van der Waals surface area contributed by atoms with Crippen molar-refractivity contribution < 1.29 is 0 Å². The number of hydrogen-bond donors (Lipinski definition) is 1. The molecule has 0 aromatic heterocycles. The number of piperidine rings is 1. The Hall–Kier alpha value is -0.900. The summed E-state index contributed by atoms with van der Waals surface area (Å²) in [5.41, 5.74) is 1.88. The van der Waals surface area contributed by atoms with Crippen molar-refractivity contribution in [3.8, 4) is 0 Å². The van der Waals surface area contributed by atoms with E-state index in [-0.39, 0.29) is 0 Å². The Balaban J connectivity index is 1.77. The predicted molar refractivity (Wildman–Crippen MR) is 84.1 cm³/mol. The van der Waals surface area contributed by atoms with E-state index < -0.39 is 0 Å². The summed E-state index contributed by atoms with van der Waals surface area (Å²) in [6.45, 7) is 7.21.